The fraction of sp³-hybridized carbons (Fsp3) is 0.591. The molecule has 3 saturated heterocycles. The molecule has 8 nitrogen and oxygen atoms in total. The summed E-state index contributed by atoms with van der Waals surface area (Å²) < 4.78 is 10.8. The fourth-order valence-corrected chi connectivity index (χ4v) is 4.42. The number of hydrogen-bond donors (Lipinski definition) is 0. The number of fused-ring (bicyclic) bond motifs is 1. The van der Waals surface area contributed by atoms with E-state index < -0.39 is 35.3 Å². The Labute approximate surface area is 176 Å². The largest absolute Gasteiger partial charge is 0.459 e. The second-order valence-electron chi connectivity index (χ2n) is 9.17. The summed E-state index contributed by atoms with van der Waals surface area (Å²) in [5.41, 5.74) is -0.606. The van der Waals surface area contributed by atoms with Crippen molar-refractivity contribution < 1.29 is 28.7 Å². The monoisotopic (exact) mass is 416 g/mol. The molecule has 8 heteroatoms. The van der Waals surface area contributed by atoms with Gasteiger partial charge in [-0.3, -0.25) is 9.63 Å². The van der Waals surface area contributed by atoms with E-state index in [2.05, 4.69) is 0 Å². The van der Waals surface area contributed by atoms with Crippen LogP contribution < -0.4 is 0 Å². The zero-order valence-corrected chi connectivity index (χ0v) is 17.6. The number of rotatable bonds is 4. The molecule has 0 spiro atoms. The van der Waals surface area contributed by atoms with Crippen molar-refractivity contribution in [3.63, 3.8) is 0 Å². The summed E-state index contributed by atoms with van der Waals surface area (Å²) in [6.45, 7) is 6.13. The number of nitrogens with zero attached hydrogens (tertiary/aromatic N) is 2. The van der Waals surface area contributed by atoms with Gasteiger partial charge in [0.15, 0.2) is 6.10 Å². The molecule has 4 rings (SSSR count). The summed E-state index contributed by atoms with van der Waals surface area (Å²) in [5, 5.41) is 1.58. The van der Waals surface area contributed by atoms with Crippen molar-refractivity contribution in [2.24, 2.45) is 0 Å². The van der Waals surface area contributed by atoms with Crippen LogP contribution in [0.5, 0.6) is 0 Å². The first-order valence-corrected chi connectivity index (χ1v) is 10.4. The van der Waals surface area contributed by atoms with Crippen molar-refractivity contribution in [2.75, 3.05) is 13.2 Å². The van der Waals surface area contributed by atoms with Gasteiger partial charge in [0.2, 0.25) is 0 Å². The lowest BCUT2D eigenvalue weighted by atomic mass is 9.90. The van der Waals surface area contributed by atoms with Crippen LogP contribution in [-0.2, 0) is 30.3 Å². The van der Waals surface area contributed by atoms with E-state index in [0.29, 0.717) is 19.4 Å². The van der Waals surface area contributed by atoms with Crippen LogP contribution in [-0.4, -0.2) is 64.4 Å². The molecule has 0 unspecified atom stereocenters. The first-order valence-electron chi connectivity index (χ1n) is 10.4. The van der Waals surface area contributed by atoms with E-state index in [1.807, 2.05) is 51.1 Å². The summed E-state index contributed by atoms with van der Waals surface area (Å²) >= 11 is 0. The van der Waals surface area contributed by atoms with Gasteiger partial charge in [0.25, 0.3) is 5.91 Å². The van der Waals surface area contributed by atoms with Crippen molar-refractivity contribution in [3.05, 3.63) is 35.9 Å². The van der Waals surface area contributed by atoms with Crippen LogP contribution in [0.15, 0.2) is 30.3 Å². The van der Waals surface area contributed by atoms with Crippen molar-refractivity contribution in [1.29, 1.82) is 0 Å². The van der Waals surface area contributed by atoms with Crippen molar-refractivity contribution in [3.8, 4) is 0 Å². The molecule has 3 aliphatic rings. The Morgan fingerprint density at radius 2 is 1.97 bits per heavy atom. The van der Waals surface area contributed by atoms with Crippen LogP contribution in [0.25, 0.3) is 0 Å². The molecule has 0 bridgehead atoms. The zero-order chi connectivity index (χ0) is 21.5. The second kappa shape index (κ2) is 7.67. The van der Waals surface area contributed by atoms with E-state index in [-0.39, 0.29) is 19.0 Å². The van der Waals surface area contributed by atoms with Gasteiger partial charge < -0.3 is 9.47 Å². The molecule has 1 aromatic carbocycles. The molecule has 0 saturated carbocycles. The molecule has 3 fully saturated rings. The minimum atomic E-state index is -0.980. The number of carbonyl (C=O) groups excluding carboxylic acids is 3. The summed E-state index contributed by atoms with van der Waals surface area (Å²) in [6, 6.07) is 9.24. The third-order valence-electron chi connectivity index (χ3n) is 5.77. The van der Waals surface area contributed by atoms with Gasteiger partial charge in [-0.2, -0.15) is 5.06 Å². The van der Waals surface area contributed by atoms with E-state index in [0.717, 1.165) is 16.9 Å². The summed E-state index contributed by atoms with van der Waals surface area (Å²) in [6.07, 6.45) is 0.436. The highest BCUT2D eigenvalue weighted by atomic mass is 16.7. The molecule has 0 aromatic heterocycles. The topological polar surface area (TPSA) is 85.4 Å². The van der Waals surface area contributed by atoms with E-state index in [9.17, 15) is 14.4 Å². The SMILES string of the molecule is CC(C)(C)OC(=O)[C@@]12CCCN1O[C@H](C(=O)N1C(=O)OC[C@@H]1Cc1ccccc1)C2. The van der Waals surface area contributed by atoms with Gasteiger partial charge in [-0.15, -0.1) is 0 Å². The molecule has 3 atom stereocenters. The number of benzene rings is 1. The first kappa shape index (κ1) is 20.8. The third kappa shape index (κ3) is 3.81. The molecule has 1 aromatic rings. The molecule has 3 heterocycles. The Balaban J connectivity index is 1.50. The van der Waals surface area contributed by atoms with Gasteiger partial charge in [-0.25, -0.2) is 14.5 Å². The molecule has 30 heavy (non-hydrogen) atoms. The molecule has 0 aliphatic carbocycles. The van der Waals surface area contributed by atoms with E-state index >= 15 is 0 Å². The second-order valence-corrected chi connectivity index (χ2v) is 9.17. The van der Waals surface area contributed by atoms with Crippen molar-refractivity contribution in [2.45, 2.75) is 69.7 Å². The molecule has 0 N–H and O–H groups in total. The Kier molecular flexibility index (Phi) is 5.32. The molecular formula is C22H28N2O6. The summed E-state index contributed by atoms with van der Waals surface area (Å²) in [4.78, 5) is 45.6. The fourth-order valence-electron chi connectivity index (χ4n) is 4.42. The Morgan fingerprint density at radius 3 is 2.67 bits per heavy atom. The molecular weight excluding hydrogens is 388 g/mol. The van der Waals surface area contributed by atoms with Crippen LogP contribution in [0.2, 0.25) is 0 Å². The normalized spacial score (nSPS) is 29.0. The van der Waals surface area contributed by atoms with E-state index in [1.165, 1.54) is 0 Å². The number of amides is 2. The number of esters is 1. The molecule has 2 amide bonds. The highest BCUT2D eigenvalue weighted by Crippen LogP contribution is 2.43. The zero-order valence-electron chi connectivity index (χ0n) is 17.6. The number of imide groups is 1. The number of cyclic esters (lactones) is 1. The maximum Gasteiger partial charge on any atom is 0.417 e. The van der Waals surface area contributed by atoms with Gasteiger partial charge in [0.05, 0.1) is 6.04 Å². The van der Waals surface area contributed by atoms with Crippen LogP contribution in [0, 0.1) is 0 Å². The maximum absolute atomic E-state index is 13.3. The van der Waals surface area contributed by atoms with Gasteiger partial charge in [-0.05, 0) is 45.6 Å². The lowest BCUT2D eigenvalue weighted by molar-refractivity contribution is -0.201. The van der Waals surface area contributed by atoms with Crippen LogP contribution in [0.3, 0.4) is 0 Å². The number of hydroxylamine groups is 2. The van der Waals surface area contributed by atoms with Gasteiger partial charge in [0.1, 0.15) is 17.7 Å². The first-order chi connectivity index (χ1) is 14.2. The van der Waals surface area contributed by atoms with Crippen molar-refractivity contribution in [1.82, 2.24) is 9.96 Å². The third-order valence-corrected chi connectivity index (χ3v) is 5.77. The Bertz CT molecular complexity index is 836. The molecule has 3 aliphatic heterocycles. The Hall–Kier alpha value is -2.45. The predicted octanol–water partition coefficient (Wildman–Crippen LogP) is 2.46. The van der Waals surface area contributed by atoms with Crippen LogP contribution >= 0.6 is 0 Å². The minimum Gasteiger partial charge on any atom is -0.459 e. The smallest absolute Gasteiger partial charge is 0.417 e. The van der Waals surface area contributed by atoms with E-state index in [4.69, 9.17) is 14.3 Å². The standard InChI is InChI=1S/C22H28N2O6/c1-21(2,3)29-19(26)22-10-7-11-23(22)30-17(13-22)18(25)24-16(14-28-20(24)27)12-15-8-5-4-6-9-15/h4-6,8-9,16-17H,7,10-14H2,1-3H3/t16-,17-,22-/m0/s1. The van der Waals surface area contributed by atoms with Crippen molar-refractivity contribution >= 4 is 18.0 Å². The Morgan fingerprint density at radius 1 is 1.23 bits per heavy atom. The maximum atomic E-state index is 13.3. The average Bonchev–Trinajstić information content (AvgIpc) is 3.34. The number of ether oxygens (including phenoxy) is 2. The average molecular weight is 416 g/mol. The highest BCUT2D eigenvalue weighted by molar-refractivity contribution is 5.97. The van der Waals surface area contributed by atoms with Gasteiger partial charge >= 0.3 is 12.1 Å². The van der Waals surface area contributed by atoms with Gasteiger partial charge in [0, 0.05) is 13.0 Å². The molecule has 0 radical (unpaired) electrons. The van der Waals surface area contributed by atoms with Crippen LogP contribution in [0.1, 0.15) is 45.6 Å². The molecule has 162 valence electrons. The minimum absolute atomic E-state index is 0.146. The summed E-state index contributed by atoms with van der Waals surface area (Å²) in [5.74, 6) is -0.844. The lowest BCUT2D eigenvalue weighted by Gasteiger charge is -2.31. The van der Waals surface area contributed by atoms with Crippen LogP contribution in [0.4, 0.5) is 4.79 Å². The quantitative estimate of drug-likeness (QED) is 0.697. The van der Waals surface area contributed by atoms with Gasteiger partial charge in [-0.1, -0.05) is 30.3 Å². The van der Waals surface area contributed by atoms with E-state index in [1.54, 1.807) is 5.06 Å². The lowest BCUT2D eigenvalue weighted by Crippen LogP contribution is -2.49. The highest BCUT2D eigenvalue weighted by Gasteiger charge is 2.60. The summed E-state index contributed by atoms with van der Waals surface area (Å²) in [7, 11) is 0. The number of hydrogen-bond acceptors (Lipinski definition) is 7. The number of carbonyl (C=O) groups is 3. The predicted molar refractivity (Wildman–Crippen MR) is 106 cm³/mol.